The Bertz CT molecular complexity index is 123. The zero-order chi connectivity index (χ0) is 8.20. The third-order valence-corrected chi connectivity index (χ3v) is 3.84. The standard InChI is InChI=1S/C5H13ClO2SSi/c1-10(2,6)5-3-4-9(7)8/h3-5H2,1-2H3,(H,7,8). The van der Waals surface area contributed by atoms with Crippen molar-refractivity contribution in [3.63, 3.8) is 0 Å². The molecule has 1 unspecified atom stereocenters. The van der Waals surface area contributed by atoms with E-state index in [1.54, 1.807) is 0 Å². The fraction of sp³-hybridized carbons (Fsp3) is 1.00. The Labute approximate surface area is 70.0 Å². The van der Waals surface area contributed by atoms with E-state index in [2.05, 4.69) is 0 Å². The van der Waals surface area contributed by atoms with Crippen molar-refractivity contribution in [2.75, 3.05) is 5.75 Å². The van der Waals surface area contributed by atoms with Gasteiger partial charge in [-0.3, -0.25) is 0 Å². The Balaban J connectivity index is 3.29. The predicted octanol–water partition coefficient (Wildman–Crippen LogP) is 2.04. The van der Waals surface area contributed by atoms with Crippen LogP contribution in [0.2, 0.25) is 19.1 Å². The van der Waals surface area contributed by atoms with Gasteiger partial charge in [-0.25, -0.2) is 4.21 Å². The van der Waals surface area contributed by atoms with Crippen LogP contribution in [0.5, 0.6) is 0 Å². The maximum atomic E-state index is 10.2. The van der Waals surface area contributed by atoms with Crippen LogP contribution in [0.25, 0.3) is 0 Å². The van der Waals surface area contributed by atoms with Crippen molar-refractivity contribution < 1.29 is 8.76 Å². The molecule has 0 saturated heterocycles. The summed E-state index contributed by atoms with van der Waals surface area (Å²) in [6.07, 6.45) is 0.770. The molecule has 0 aromatic heterocycles. The van der Waals surface area contributed by atoms with Crippen molar-refractivity contribution in [1.82, 2.24) is 0 Å². The molecule has 0 spiro atoms. The van der Waals surface area contributed by atoms with Gasteiger partial charge in [0, 0.05) is 5.75 Å². The molecule has 0 heterocycles. The number of rotatable bonds is 4. The topological polar surface area (TPSA) is 37.3 Å². The molecular formula is C5H13ClO2SSi. The molecule has 0 radical (unpaired) electrons. The van der Waals surface area contributed by atoms with E-state index in [9.17, 15) is 4.21 Å². The van der Waals surface area contributed by atoms with Gasteiger partial charge in [0.1, 0.15) is 0 Å². The molecule has 0 fully saturated rings. The molecule has 10 heavy (non-hydrogen) atoms. The van der Waals surface area contributed by atoms with E-state index in [0.29, 0.717) is 5.75 Å². The molecule has 62 valence electrons. The Morgan fingerprint density at radius 1 is 1.60 bits per heavy atom. The van der Waals surface area contributed by atoms with Crippen LogP contribution in [0.3, 0.4) is 0 Å². The quantitative estimate of drug-likeness (QED) is 0.429. The lowest BCUT2D eigenvalue weighted by atomic mass is 10.6. The average Bonchev–Trinajstić information content (AvgIpc) is 1.59. The second-order valence-electron chi connectivity index (χ2n) is 2.85. The van der Waals surface area contributed by atoms with Crippen LogP contribution in [0.1, 0.15) is 6.42 Å². The molecule has 0 aliphatic heterocycles. The Morgan fingerprint density at radius 2 is 2.10 bits per heavy atom. The fourth-order valence-electron chi connectivity index (χ4n) is 0.616. The molecule has 0 aromatic carbocycles. The number of hydrogen-bond acceptors (Lipinski definition) is 1. The molecule has 1 N–H and O–H groups in total. The minimum atomic E-state index is -1.64. The summed E-state index contributed by atoms with van der Waals surface area (Å²) < 4.78 is 18.6. The first kappa shape index (κ1) is 10.6. The summed E-state index contributed by atoms with van der Waals surface area (Å²) in [7, 11) is -1.50. The van der Waals surface area contributed by atoms with Crippen LogP contribution in [-0.4, -0.2) is 21.9 Å². The summed E-state index contributed by atoms with van der Waals surface area (Å²) in [4.78, 5) is 0. The van der Waals surface area contributed by atoms with Crippen molar-refractivity contribution in [1.29, 1.82) is 0 Å². The second kappa shape index (κ2) is 4.49. The molecule has 0 aliphatic rings. The van der Waals surface area contributed by atoms with Crippen LogP contribution < -0.4 is 0 Å². The Morgan fingerprint density at radius 3 is 2.40 bits per heavy atom. The monoisotopic (exact) mass is 200 g/mol. The minimum Gasteiger partial charge on any atom is -0.306 e. The minimum absolute atomic E-state index is 0.364. The van der Waals surface area contributed by atoms with Gasteiger partial charge in [-0.15, -0.1) is 0 Å². The summed E-state index contributed by atoms with van der Waals surface area (Å²) in [6, 6.07) is 0.918. The third-order valence-electron chi connectivity index (χ3n) is 1.09. The van der Waals surface area contributed by atoms with Gasteiger partial charge < -0.3 is 4.55 Å². The van der Waals surface area contributed by atoms with Gasteiger partial charge in [0.2, 0.25) is 0 Å². The van der Waals surface area contributed by atoms with Crippen LogP contribution in [0.4, 0.5) is 0 Å². The maximum absolute atomic E-state index is 10.2. The van der Waals surface area contributed by atoms with Gasteiger partial charge in [-0.05, 0) is 12.5 Å². The number of hydrogen-bond donors (Lipinski definition) is 1. The summed E-state index contributed by atoms with van der Waals surface area (Å²) in [5.41, 5.74) is 0. The second-order valence-corrected chi connectivity index (χ2v) is 10.9. The van der Waals surface area contributed by atoms with Crippen LogP contribution in [-0.2, 0) is 11.1 Å². The van der Waals surface area contributed by atoms with Crippen LogP contribution in [0.15, 0.2) is 0 Å². The first-order valence-electron chi connectivity index (χ1n) is 3.18. The van der Waals surface area contributed by atoms with Crippen LogP contribution >= 0.6 is 11.1 Å². The van der Waals surface area contributed by atoms with Gasteiger partial charge in [-0.1, -0.05) is 13.1 Å². The zero-order valence-electron chi connectivity index (χ0n) is 6.26. The highest BCUT2D eigenvalue weighted by Crippen LogP contribution is 2.15. The van der Waals surface area contributed by atoms with E-state index in [4.69, 9.17) is 15.6 Å². The lowest BCUT2D eigenvalue weighted by Crippen LogP contribution is -2.16. The molecule has 0 rings (SSSR count). The van der Waals surface area contributed by atoms with Crippen molar-refractivity contribution in [2.24, 2.45) is 0 Å². The zero-order valence-corrected chi connectivity index (χ0v) is 8.84. The van der Waals surface area contributed by atoms with Gasteiger partial charge in [-0.2, -0.15) is 11.1 Å². The molecule has 0 amide bonds. The molecule has 0 aliphatic carbocycles. The van der Waals surface area contributed by atoms with Gasteiger partial charge >= 0.3 is 0 Å². The van der Waals surface area contributed by atoms with E-state index >= 15 is 0 Å². The number of halogens is 1. The lowest BCUT2D eigenvalue weighted by molar-refractivity contribution is 0.563. The van der Waals surface area contributed by atoms with Gasteiger partial charge in [0.15, 0.2) is 18.5 Å². The SMILES string of the molecule is C[Si](C)(Cl)CCCS(=O)O. The van der Waals surface area contributed by atoms with E-state index in [-0.39, 0.29) is 0 Å². The molecule has 0 bridgehead atoms. The summed E-state index contributed by atoms with van der Waals surface area (Å²) in [5, 5.41) is 0. The van der Waals surface area contributed by atoms with Gasteiger partial charge in [0.25, 0.3) is 0 Å². The molecule has 5 heteroatoms. The molecule has 1 atom stereocenters. The highest BCUT2D eigenvalue weighted by molar-refractivity contribution is 7.79. The van der Waals surface area contributed by atoms with Crippen molar-refractivity contribution in [2.45, 2.75) is 25.6 Å². The lowest BCUT2D eigenvalue weighted by Gasteiger charge is -2.10. The highest BCUT2D eigenvalue weighted by atomic mass is 35.6. The highest BCUT2D eigenvalue weighted by Gasteiger charge is 2.15. The van der Waals surface area contributed by atoms with E-state index < -0.39 is 18.5 Å². The van der Waals surface area contributed by atoms with E-state index in [0.717, 1.165) is 12.5 Å². The summed E-state index contributed by atoms with van der Waals surface area (Å²) in [5.74, 6) is 0.364. The predicted molar refractivity (Wildman–Crippen MR) is 48.4 cm³/mol. The molecule has 0 saturated carbocycles. The smallest absolute Gasteiger partial charge is 0.152 e. The third kappa shape index (κ3) is 8.62. The molecule has 2 nitrogen and oxygen atoms in total. The van der Waals surface area contributed by atoms with Gasteiger partial charge in [0.05, 0.1) is 0 Å². The van der Waals surface area contributed by atoms with Crippen molar-refractivity contribution >= 4 is 29.5 Å². The maximum Gasteiger partial charge on any atom is 0.152 e. The normalized spacial score (nSPS) is 15.2. The van der Waals surface area contributed by atoms with Crippen molar-refractivity contribution in [3.05, 3.63) is 0 Å². The van der Waals surface area contributed by atoms with Crippen LogP contribution in [0, 0.1) is 0 Å². The Kier molecular flexibility index (Phi) is 4.76. The Hall–Kier alpha value is 0.617. The largest absolute Gasteiger partial charge is 0.306 e. The van der Waals surface area contributed by atoms with E-state index in [1.165, 1.54) is 0 Å². The average molecular weight is 201 g/mol. The molecular weight excluding hydrogens is 188 g/mol. The first-order chi connectivity index (χ1) is 4.42. The summed E-state index contributed by atoms with van der Waals surface area (Å²) in [6.45, 7) is 4.07. The summed E-state index contributed by atoms with van der Waals surface area (Å²) >= 11 is 4.34. The first-order valence-corrected chi connectivity index (χ1v) is 8.68. The molecule has 0 aromatic rings. The van der Waals surface area contributed by atoms with Crippen molar-refractivity contribution in [3.8, 4) is 0 Å². The fourth-order valence-corrected chi connectivity index (χ4v) is 2.68. The van der Waals surface area contributed by atoms with E-state index in [1.807, 2.05) is 13.1 Å².